The maximum absolute atomic E-state index is 14.4. The Kier molecular flexibility index (Phi) is 7.95. The lowest BCUT2D eigenvalue weighted by molar-refractivity contribution is 0.0675. The molecule has 6 nitrogen and oxygen atoms in total. The minimum Gasteiger partial charge on any atom is -0.477 e. The van der Waals surface area contributed by atoms with Gasteiger partial charge in [0.25, 0.3) is 5.91 Å². The summed E-state index contributed by atoms with van der Waals surface area (Å²) in [6.45, 7) is 6.70. The fraction of sp³-hybridized carbons (Fsp3) is 0.129. The number of aryl methyl sites for hydroxylation is 1. The Morgan fingerprint density at radius 2 is 1.54 bits per heavy atom. The molecular weight excluding hydrogens is 526 g/mol. The quantitative estimate of drug-likeness (QED) is 0.214. The predicted octanol–water partition coefficient (Wildman–Crippen LogP) is 6.95. The Morgan fingerprint density at radius 3 is 2.15 bits per heavy atom. The number of carbonyl (C=O) groups excluding carboxylic acids is 1. The molecule has 0 bridgehead atoms. The zero-order valence-electron chi connectivity index (χ0n) is 21.2. The molecule has 0 spiro atoms. The van der Waals surface area contributed by atoms with E-state index in [1.807, 2.05) is 97.9 Å². The van der Waals surface area contributed by atoms with Gasteiger partial charge in [0.15, 0.2) is 0 Å². The molecule has 5 rings (SSSR count). The van der Waals surface area contributed by atoms with Crippen molar-refractivity contribution in [3.8, 4) is 10.4 Å². The molecule has 0 aliphatic heterocycles. The Labute approximate surface area is 235 Å². The highest BCUT2D eigenvalue weighted by atomic mass is 32.1. The molecule has 0 fully saturated rings. The van der Waals surface area contributed by atoms with E-state index in [-0.39, 0.29) is 10.8 Å². The number of carbonyl (C=O) groups is 2. The number of carboxylic acids is 1. The van der Waals surface area contributed by atoms with Crippen LogP contribution in [0.2, 0.25) is 0 Å². The average Bonchev–Trinajstić information content (AvgIpc) is 3.60. The smallest absolute Gasteiger partial charge is 0.347 e. The summed E-state index contributed by atoms with van der Waals surface area (Å²) >= 11 is 2.59. The van der Waals surface area contributed by atoms with E-state index in [1.54, 1.807) is 4.90 Å². The monoisotopic (exact) mass is 552 g/mol. The molecule has 8 heteroatoms. The van der Waals surface area contributed by atoms with Crippen LogP contribution in [0, 0.1) is 13.8 Å². The van der Waals surface area contributed by atoms with Gasteiger partial charge in [-0.3, -0.25) is 4.79 Å². The Morgan fingerprint density at radius 1 is 0.923 bits per heavy atom. The highest BCUT2D eigenvalue weighted by Gasteiger charge is 2.35. The van der Waals surface area contributed by atoms with Crippen LogP contribution in [-0.2, 0) is 6.54 Å². The van der Waals surface area contributed by atoms with Crippen molar-refractivity contribution in [1.29, 1.82) is 0 Å². The van der Waals surface area contributed by atoms with Crippen molar-refractivity contribution in [3.05, 3.63) is 136 Å². The summed E-state index contributed by atoms with van der Waals surface area (Å²) in [5.41, 5.74) is 3.15. The lowest BCUT2D eigenvalue weighted by Crippen LogP contribution is -2.42. The lowest BCUT2D eigenvalue weighted by Gasteiger charge is -2.34. The molecule has 1 N–H and O–H groups in total. The second-order valence-electron chi connectivity index (χ2n) is 9.02. The van der Waals surface area contributed by atoms with Crippen LogP contribution in [-0.4, -0.2) is 37.9 Å². The maximum atomic E-state index is 14.4. The van der Waals surface area contributed by atoms with Gasteiger partial charge in [0.1, 0.15) is 15.6 Å². The number of aromatic nitrogens is 2. The first kappa shape index (κ1) is 26.5. The molecule has 3 aromatic carbocycles. The molecule has 5 aromatic rings. The molecule has 2 aromatic heterocycles. The van der Waals surface area contributed by atoms with E-state index in [2.05, 4.69) is 16.9 Å². The van der Waals surface area contributed by atoms with Crippen LogP contribution in [0.1, 0.15) is 47.2 Å². The van der Waals surface area contributed by atoms with Gasteiger partial charge in [-0.15, -0.1) is 22.7 Å². The summed E-state index contributed by atoms with van der Waals surface area (Å²) < 4.78 is 0. The third kappa shape index (κ3) is 5.82. The predicted molar refractivity (Wildman–Crippen MR) is 155 cm³/mol. The number of rotatable bonds is 9. The zero-order valence-corrected chi connectivity index (χ0v) is 22.9. The van der Waals surface area contributed by atoms with E-state index < -0.39 is 17.9 Å². The summed E-state index contributed by atoms with van der Waals surface area (Å²) in [5, 5.41) is 10.9. The summed E-state index contributed by atoms with van der Waals surface area (Å²) in [5.74, 6) is -1.72. The van der Waals surface area contributed by atoms with Gasteiger partial charge >= 0.3 is 5.97 Å². The highest BCUT2D eigenvalue weighted by molar-refractivity contribution is 7.15. The minimum atomic E-state index is -1.03. The number of nitrogens with zero attached hydrogens (tertiary/aromatic N) is 3. The van der Waals surface area contributed by atoms with Crippen molar-refractivity contribution in [1.82, 2.24) is 14.9 Å². The fourth-order valence-corrected chi connectivity index (χ4v) is 6.37. The number of benzene rings is 3. The standard InChI is InChI=1S/C31H26N3O3S2/c1-20(26(23-14-8-4-9-15-23)29-32-18-25(39-29)31(36)37)34(19-22-12-6-3-7-13-22)30(35)27-28(38-21(2)33-27)24-16-10-5-11-17-24/h3-18,20,26H,1,19H2,2H3,(H,36,37). The van der Waals surface area contributed by atoms with E-state index >= 15 is 0 Å². The van der Waals surface area contributed by atoms with Crippen LogP contribution in [0.3, 0.4) is 0 Å². The van der Waals surface area contributed by atoms with Crippen LogP contribution < -0.4 is 0 Å². The second kappa shape index (κ2) is 11.7. The van der Waals surface area contributed by atoms with Crippen molar-refractivity contribution >= 4 is 34.6 Å². The average molecular weight is 553 g/mol. The molecule has 0 aliphatic carbocycles. The maximum Gasteiger partial charge on any atom is 0.347 e. The third-order valence-corrected chi connectivity index (χ3v) is 8.46. The van der Waals surface area contributed by atoms with Gasteiger partial charge < -0.3 is 10.0 Å². The van der Waals surface area contributed by atoms with Crippen molar-refractivity contribution in [3.63, 3.8) is 0 Å². The van der Waals surface area contributed by atoms with Gasteiger partial charge in [-0.05, 0) is 30.5 Å². The topological polar surface area (TPSA) is 83.4 Å². The van der Waals surface area contributed by atoms with Gasteiger partial charge in [-0.1, -0.05) is 91.0 Å². The molecule has 1 amide bonds. The highest BCUT2D eigenvalue weighted by Crippen LogP contribution is 2.37. The largest absolute Gasteiger partial charge is 0.477 e. The molecule has 195 valence electrons. The molecule has 2 unspecified atom stereocenters. The summed E-state index contributed by atoms with van der Waals surface area (Å²) in [6, 6.07) is 28.6. The fourth-order valence-electron chi connectivity index (χ4n) is 4.51. The van der Waals surface area contributed by atoms with Crippen molar-refractivity contribution in [2.45, 2.75) is 25.4 Å². The van der Waals surface area contributed by atoms with Gasteiger partial charge in [0.05, 0.1) is 22.0 Å². The number of amides is 1. The molecule has 0 saturated carbocycles. The first-order chi connectivity index (χ1) is 18.9. The van der Waals surface area contributed by atoms with Gasteiger partial charge in [0.2, 0.25) is 0 Å². The van der Waals surface area contributed by atoms with E-state index in [0.29, 0.717) is 17.2 Å². The third-order valence-electron chi connectivity index (χ3n) is 6.37. The lowest BCUT2D eigenvalue weighted by atomic mass is 9.91. The van der Waals surface area contributed by atoms with Gasteiger partial charge in [-0.2, -0.15) is 0 Å². The number of thiazole rings is 2. The normalized spacial score (nSPS) is 12.6. The van der Waals surface area contributed by atoms with Crippen LogP contribution >= 0.6 is 22.7 Å². The van der Waals surface area contributed by atoms with E-state index in [0.717, 1.165) is 37.9 Å². The van der Waals surface area contributed by atoms with Gasteiger partial charge in [0, 0.05) is 12.6 Å². The molecule has 2 heterocycles. The number of hydrogen-bond donors (Lipinski definition) is 1. The molecule has 1 radical (unpaired) electrons. The number of hydrogen-bond acceptors (Lipinski definition) is 6. The first-order valence-electron chi connectivity index (χ1n) is 12.4. The zero-order chi connectivity index (χ0) is 27.4. The van der Waals surface area contributed by atoms with E-state index in [4.69, 9.17) is 0 Å². The summed E-state index contributed by atoms with van der Waals surface area (Å²) in [6.07, 6.45) is 1.37. The number of aromatic carboxylic acids is 1. The van der Waals surface area contributed by atoms with Crippen LogP contribution in [0.4, 0.5) is 0 Å². The first-order valence-corrected chi connectivity index (χ1v) is 14.0. The molecule has 2 atom stereocenters. The SMILES string of the molecule is [CH2]C(C(c1ccccc1)c1ncc(C(=O)O)s1)N(Cc1ccccc1)C(=O)c1nc(C)sc1-c1ccccc1. The van der Waals surface area contributed by atoms with Crippen LogP contribution in [0.25, 0.3) is 10.4 Å². The Bertz CT molecular complexity index is 1570. The van der Waals surface area contributed by atoms with Crippen molar-refractivity contribution in [2.75, 3.05) is 0 Å². The Hall–Kier alpha value is -4.14. The molecule has 0 saturated heterocycles. The molecular formula is C31H26N3O3S2. The van der Waals surface area contributed by atoms with Crippen molar-refractivity contribution < 1.29 is 14.7 Å². The van der Waals surface area contributed by atoms with Crippen molar-refractivity contribution in [2.24, 2.45) is 0 Å². The summed E-state index contributed by atoms with van der Waals surface area (Å²) in [4.78, 5) is 37.9. The number of carboxylic acid groups (broad SMARTS) is 1. The Balaban J connectivity index is 1.61. The summed E-state index contributed by atoms with van der Waals surface area (Å²) in [7, 11) is 0. The molecule has 39 heavy (non-hydrogen) atoms. The van der Waals surface area contributed by atoms with Crippen LogP contribution in [0.15, 0.2) is 97.2 Å². The molecule has 0 aliphatic rings. The van der Waals surface area contributed by atoms with E-state index in [9.17, 15) is 14.7 Å². The van der Waals surface area contributed by atoms with Crippen LogP contribution in [0.5, 0.6) is 0 Å². The van der Waals surface area contributed by atoms with Gasteiger partial charge in [-0.25, -0.2) is 14.8 Å². The van der Waals surface area contributed by atoms with E-state index in [1.165, 1.54) is 17.5 Å². The second-order valence-corrected chi connectivity index (χ2v) is 11.3. The minimum absolute atomic E-state index is 0.139.